The maximum atomic E-state index is 13.0. The number of hydrogen-bond donors (Lipinski definition) is 1. The van der Waals surface area contributed by atoms with E-state index >= 15 is 0 Å². The molecule has 0 bridgehead atoms. The zero-order valence-corrected chi connectivity index (χ0v) is 21.4. The molecule has 0 radical (unpaired) electrons. The summed E-state index contributed by atoms with van der Waals surface area (Å²) >= 11 is 0. The standard InChI is InChI=1S/C23H44O8/c1-14(2)28-18(13-19(24)25)23(30-16(5)6,31-17(7)8)22(11,29-15(3)4)21(9,10)20(26)27-12/h14-18H,13H2,1-12H3,(H,24,25). The maximum Gasteiger partial charge on any atom is 0.314 e. The van der Waals surface area contributed by atoms with Crippen molar-refractivity contribution in [1.29, 1.82) is 0 Å². The first-order valence-corrected chi connectivity index (χ1v) is 11.0. The van der Waals surface area contributed by atoms with Gasteiger partial charge in [-0.3, -0.25) is 9.59 Å². The lowest BCUT2D eigenvalue weighted by Crippen LogP contribution is -2.73. The summed E-state index contributed by atoms with van der Waals surface area (Å²) in [5, 5.41) is 9.71. The number of carboxylic acid groups (broad SMARTS) is 1. The van der Waals surface area contributed by atoms with Crippen molar-refractivity contribution in [3.63, 3.8) is 0 Å². The molecular weight excluding hydrogens is 404 g/mol. The lowest BCUT2D eigenvalue weighted by atomic mass is 9.68. The summed E-state index contributed by atoms with van der Waals surface area (Å²) in [6.07, 6.45) is -2.96. The first-order chi connectivity index (χ1) is 14.0. The summed E-state index contributed by atoms with van der Waals surface area (Å²) in [5.74, 6) is -3.38. The first kappa shape index (κ1) is 29.8. The van der Waals surface area contributed by atoms with Crippen LogP contribution in [-0.4, -0.2) is 66.1 Å². The van der Waals surface area contributed by atoms with E-state index in [2.05, 4.69) is 0 Å². The third kappa shape index (κ3) is 7.14. The molecule has 2 atom stereocenters. The van der Waals surface area contributed by atoms with Crippen molar-refractivity contribution in [3.05, 3.63) is 0 Å². The topological polar surface area (TPSA) is 101 Å². The third-order valence-electron chi connectivity index (χ3n) is 5.07. The number of methoxy groups -OCH3 is 1. The summed E-state index contributed by atoms with van der Waals surface area (Å²) in [6.45, 7) is 19.6. The van der Waals surface area contributed by atoms with Crippen molar-refractivity contribution in [2.45, 2.75) is 124 Å². The van der Waals surface area contributed by atoms with Crippen molar-refractivity contribution >= 4 is 11.9 Å². The molecule has 0 amide bonds. The van der Waals surface area contributed by atoms with E-state index in [0.717, 1.165) is 0 Å². The van der Waals surface area contributed by atoms with Crippen LogP contribution >= 0.6 is 0 Å². The van der Waals surface area contributed by atoms with Crippen LogP contribution in [0.3, 0.4) is 0 Å². The molecule has 0 heterocycles. The van der Waals surface area contributed by atoms with Crippen LogP contribution in [0, 0.1) is 5.41 Å². The SMILES string of the molecule is COC(=O)C(C)(C)C(C)(OC(C)C)C(OC(C)C)(OC(C)C)C(CC(=O)O)OC(C)C. The first-order valence-electron chi connectivity index (χ1n) is 11.0. The van der Waals surface area contributed by atoms with Crippen LogP contribution in [0.4, 0.5) is 0 Å². The predicted octanol–water partition coefficient (Wildman–Crippen LogP) is 4.18. The average Bonchev–Trinajstić information content (AvgIpc) is 2.56. The monoisotopic (exact) mass is 448 g/mol. The molecule has 0 saturated carbocycles. The van der Waals surface area contributed by atoms with Crippen LogP contribution in [-0.2, 0) is 33.3 Å². The van der Waals surface area contributed by atoms with Crippen molar-refractivity contribution < 1.29 is 38.4 Å². The minimum absolute atomic E-state index is 0.334. The maximum absolute atomic E-state index is 13.0. The third-order valence-corrected chi connectivity index (χ3v) is 5.07. The highest BCUT2D eigenvalue weighted by Gasteiger charge is 2.68. The number of esters is 1. The number of hydrogen-bond acceptors (Lipinski definition) is 7. The van der Waals surface area contributed by atoms with Gasteiger partial charge in [0.25, 0.3) is 0 Å². The van der Waals surface area contributed by atoms with Gasteiger partial charge in [-0.1, -0.05) is 0 Å². The minimum Gasteiger partial charge on any atom is -0.481 e. The molecule has 0 aromatic carbocycles. The number of carboxylic acids is 1. The van der Waals surface area contributed by atoms with E-state index in [-0.39, 0.29) is 12.2 Å². The van der Waals surface area contributed by atoms with Gasteiger partial charge in [0.1, 0.15) is 11.7 Å². The Labute approximate surface area is 187 Å². The molecule has 8 nitrogen and oxygen atoms in total. The second-order valence-corrected chi connectivity index (χ2v) is 9.59. The normalized spacial score (nSPS) is 16.1. The van der Waals surface area contributed by atoms with Gasteiger partial charge in [0.05, 0.1) is 43.4 Å². The molecule has 2 unspecified atom stereocenters. The van der Waals surface area contributed by atoms with Gasteiger partial charge in [-0.05, 0) is 76.2 Å². The van der Waals surface area contributed by atoms with Gasteiger partial charge in [0.15, 0.2) is 0 Å². The van der Waals surface area contributed by atoms with E-state index < -0.39 is 53.5 Å². The largest absolute Gasteiger partial charge is 0.481 e. The summed E-state index contributed by atoms with van der Waals surface area (Å²) in [6, 6.07) is 0. The average molecular weight is 449 g/mol. The summed E-state index contributed by atoms with van der Waals surface area (Å²) in [7, 11) is 1.30. The molecule has 0 saturated heterocycles. The van der Waals surface area contributed by atoms with Crippen LogP contribution in [0.5, 0.6) is 0 Å². The van der Waals surface area contributed by atoms with Crippen LogP contribution in [0.1, 0.15) is 82.6 Å². The molecule has 0 aliphatic rings. The van der Waals surface area contributed by atoms with Gasteiger partial charge in [0, 0.05) is 0 Å². The molecule has 0 spiro atoms. The van der Waals surface area contributed by atoms with Crippen LogP contribution in [0.25, 0.3) is 0 Å². The fourth-order valence-electron chi connectivity index (χ4n) is 3.76. The predicted molar refractivity (Wildman–Crippen MR) is 118 cm³/mol. The lowest BCUT2D eigenvalue weighted by molar-refractivity contribution is -0.406. The Kier molecular flexibility index (Phi) is 11.1. The van der Waals surface area contributed by atoms with Crippen molar-refractivity contribution in [2.24, 2.45) is 5.41 Å². The molecule has 0 rings (SSSR count). The lowest BCUT2D eigenvalue weighted by Gasteiger charge is -2.57. The van der Waals surface area contributed by atoms with Gasteiger partial charge in [-0.15, -0.1) is 0 Å². The fraction of sp³-hybridized carbons (Fsp3) is 0.913. The molecule has 1 N–H and O–H groups in total. The Morgan fingerprint density at radius 3 is 1.48 bits per heavy atom. The second kappa shape index (κ2) is 11.6. The molecule has 31 heavy (non-hydrogen) atoms. The summed E-state index contributed by atoms with van der Waals surface area (Å²) in [4.78, 5) is 24.9. The number of rotatable bonds is 14. The van der Waals surface area contributed by atoms with Gasteiger partial charge in [-0.25, -0.2) is 0 Å². The van der Waals surface area contributed by atoms with Crippen LogP contribution in [0.15, 0.2) is 0 Å². The molecule has 8 heteroatoms. The van der Waals surface area contributed by atoms with Gasteiger partial charge >= 0.3 is 11.9 Å². The molecule has 0 aliphatic heterocycles. The molecule has 184 valence electrons. The number of ether oxygens (including phenoxy) is 5. The van der Waals surface area contributed by atoms with E-state index in [1.165, 1.54) is 7.11 Å². The molecule has 0 aliphatic carbocycles. The van der Waals surface area contributed by atoms with Crippen molar-refractivity contribution in [2.75, 3.05) is 7.11 Å². The minimum atomic E-state index is -1.75. The molecule has 0 aromatic heterocycles. The molecule has 0 fully saturated rings. The number of aliphatic carboxylic acids is 1. The smallest absolute Gasteiger partial charge is 0.314 e. The Balaban J connectivity index is 7.32. The summed E-state index contributed by atoms with van der Waals surface area (Å²) in [5.41, 5.74) is -2.79. The highest BCUT2D eigenvalue weighted by atomic mass is 16.7. The Bertz CT molecular complexity index is 572. The highest BCUT2D eigenvalue weighted by Crippen LogP contribution is 2.50. The van der Waals surface area contributed by atoms with Crippen LogP contribution < -0.4 is 0 Å². The number of carbonyl (C=O) groups excluding carboxylic acids is 1. The Morgan fingerprint density at radius 2 is 1.19 bits per heavy atom. The van der Waals surface area contributed by atoms with E-state index in [4.69, 9.17) is 23.7 Å². The quantitative estimate of drug-likeness (QED) is 0.312. The Morgan fingerprint density at radius 1 is 0.774 bits per heavy atom. The molecule has 0 aromatic rings. The van der Waals surface area contributed by atoms with E-state index in [0.29, 0.717) is 0 Å². The Hall–Kier alpha value is -1.22. The molecular formula is C23H44O8. The van der Waals surface area contributed by atoms with Crippen molar-refractivity contribution in [3.8, 4) is 0 Å². The fourth-order valence-corrected chi connectivity index (χ4v) is 3.76. The highest BCUT2D eigenvalue weighted by molar-refractivity contribution is 5.78. The van der Waals surface area contributed by atoms with Crippen molar-refractivity contribution in [1.82, 2.24) is 0 Å². The van der Waals surface area contributed by atoms with E-state index in [1.807, 2.05) is 41.5 Å². The van der Waals surface area contributed by atoms with Gasteiger partial charge in [0.2, 0.25) is 5.79 Å². The van der Waals surface area contributed by atoms with Gasteiger partial charge < -0.3 is 28.8 Å². The van der Waals surface area contributed by atoms with E-state index in [1.54, 1.807) is 34.6 Å². The zero-order valence-electron chi connectivity index (χ0n) is 21.4. The summed E-state index contributed by atoms with van der Waals surface area (Å²) < 4.78 is 30.5. The van der Waals surface area contributed by atoms with Crippen LogP contribution in [0.2, 0.25) is 0 Å². The van der Waals surface area contributed by atoms with E-state index in [9.17, 15) is 14.7 Å². The second-order valence-electron chi connectivity index (χ2n) is 9.59. The zero-order chi connectivity index (χ0) is 24.8. The van der Waals surface area contributed by atoms with Gasteiger partial charge in [-0.2, -0.15) is 0 Å². The number of carbonyl (C=O) groups is 2.